The summed E-state index contributed by atoms with van der Waals surface area (Å²) >= 11 is 0. The van der Waals surface area contributed by atoms with E-state index in [2.05, 4.69) is 25.8 Å². The van der Waals surface area contributed by atoms with Gasteiger partial charge >= 0.3 is 0 Å². The first-order chi connectivity index (χ1) is 4.72. The maximum atomic E-state index is 2.51. The highest BCUT2D eigenvalue weighted by Crippen LogP contribution is 2.23. The Hall–Kier alpha value is -0.0400. The van der Waals surface area contributed by atoms with Crippen LogP contribution in [0, 0.1) is 0 Å². The maximum absolute atomic E-state index is 2.51. The van der Waals surface area contributed by atoms with Gasteiger partial charge < -0.3 is 4.90 Å². The number of nitrogens with zero attached hydrogens (tertiary/aromatic N) is 1. The van der Waals surface area contributed by atoms with Crippen LogP contribution >= 0.6 is 0 Å². The van der Waals surface area contributed by atoms with Gasteiger partial charge in [-0.1, -0.05) is 12.8 Å². The lowest BCUT2D eigenvalue weighted by Crippen LogP contribution is -2.34. The molecule has 0 aromatic heterocycles. The van der Waals surface area contributed by atoms with Crippen molar-refractivity contribution in [1.29, 1.82) is 0 Å². The molecule has 0 heterocycles. The third-order valence-corrected chi connectivity index (χ3v) is 2.72. The third kappa shape index (κ3) is 1.72. The Bertz CT molecular complexity index is 92.9. The second-order valence-corrected chi connectivity index (χ2v) is 3.70. The molecule has 0 atom stereocenters. The van der Waals surface area contributed by atoms with Gasteiger partial charge in [0.15, 0.2) is 0 Å². The van der Waals surface area contributed by atoms with Gasteiger partial charge in [0.05, 0.1) is 0 Å². The number of rotatable bonds is 2. The summed E-state index contributed by atoms with van der Waals surface area (Å²) in [5.41, 5.74) is 0. The molecule has 0 N–H and O–H groups in total. The van der Waals surface area contributed by atoms with E-state index in [1.807, 2.05) is 0 Å². The molecule has 0 bridgehead atoms. The van der Waals surface area contributed by atoms with E-state index < -0.39 is 0 Å². The van der Waals surface area contributed by atoms with Gasteiger partial charge in [0.25, 0.3) is 0 Å². The average molecular weight is 141 g/mol. The van der Waals surface area contributed by atoms with Crippen LogP contribution in [0.15, 0.2) is 0 Å². The van der Waals surface area contributed by atoms with Crippen LogP contribution < -0.4 is 0 Å². The minimum absolute atomic E-state index is 0.725. The summed E-state index contributed by atoms with van der Waals surface area (Å²) in [6.45, 7) is 4.55. The molecule has 0 aromatic rings. The van der Waals surface area contributed by atoms with Gasteiger partial charge in [-0.2, -0.15) is 0 Å². The Morgan fingerprint density at radius 1 is 1.20 bits per heavy atom. The highest BCUT2D eigenvalue weighted by Gasteiger charge is 2.20. The van der Waals surface area contributed by atoms with Crippen molar-refractivity contribution in [3.8, 4) is 0 Å². The third-order valence-electron chi connectivity index (χ3n) is 2.72. The van der Waals surface area contributed by atoms with E-state index in [9.17, 15) is 0 Å². The highest BCUT2D eigenvalue weighted by molar-refractivity contribution is 4.76. The van der Waals surface area contributed by atoms with E-state index in [1.165, 1.54) is 25.7 Å². The summed E-state index contributed by atoms with van der Waals surface area (Å²) in [5.74, 6) is 0. The van der Waals surface area contributed by atoms with Crippen LogP contribution in [0.5, 0.6) is 0 Å². The number of hydrogen-bond donors (Lipinski definition) is 0. The molecular weight excluding hydrogens is 122 g/mol. The topological polar surface area (TPSA) is 3.24 Å². The molecule has 0 aromatic carbocycles. The summed E-state index contributed by atoms with van der Waals surface area (Å²) in [4.78, 5) is 2.51. The molecule has 0 spiro atoms. The zero-order chi connectivity index (χ0) is 7.56. The Morgan fingerprint density at radius 3 is 2.10 bits per heavy atom. The minimum Gasteiger partial charge on any atom is -0.301 e. The van der Waals surface area contributed by atoms with E-state index in [1.54, 1.807) is 0 Å². The van der Waals surface area contributed by atoms with Crippen molar-refractivity contribution in [3.63, 3.8) is 0 Å². The van der Waals surface area contributed by atoms with E-state index >= 15 is 0 Å². The Balaban J connectivity index is 2.32. The smallest absolute Gasteiger partial charge is 0.00949 e. The van der Waals surface area contributed by atoms with Crippen LogP contribution in [0.4, 0.5) is 0 Å². The molecule has 1 aliphatic carbocycles. The summed E-state index contributed by atoms with van der Waals surface area (Å²) < 4.78 is 0. The lowest BCUT2D eigenvalue weighted by molar-refractivity contribution is 0.198. The lowest BCUT2D eigenvalue weighted by Gasteiger charge is -2.27. The zero-order valence-electron chi connectivity index (χ0n) is 7.43. The summed E-state index contributed by atoms with van der Waals surface area (Å²) in [7, 11) is 2.25. The molecule has 1 rings (SSSR count). The molecule has 0 unspecified atom stereocenters. The monoisotopic (exact) mass is 141 g/mol. The van der Waals surface area contributed by atoms with Crippen LogP contribution in [-0.4, -0.2) is 24.0 Å². The van der Waals surface area contributed by atoms with E-state index in [4.69, 9.17) is 0 Å². The fourth-order valence-electron chi connectivity index (χ4n) is 1.73. The Labute approximate surface area is 64.4 Å². The highest BCUT2D eigenvalue weighted by atomic mass is 15.1. The minimum atomic E-state index is 0.725. The SMILES string of the molecule is CC(C)N(C)C1CCCC1. The Kier molecular flexibility index (Phi) is 2.72. The van der Waals surface area contributed by atoms with Gasteiger partial charge in [-0.25, -0.2) is 0 Å². The van der Waals surface area contributed by atoms with Gasteiger partial charge in [0.2, 0.25) is 0 Å². The predicted molar refractivity (Wildman–Crippen MR) is 45.2 cm³/mol. The molecule has 1 saturated carbocycles. The predicted octanol–water partition coefficient (Wildman–Crippen LogP) is 2.27. The van der Waals surface area contributed by atoms with Crippen LogP contribution in [0.3, 0.4) is 0 Å². The maximum Gasteiger partial charge on any atom is 0.00949 e. The van der Waals surface area contributed by atoms with Crippen LogP contribution in [0.25, 0.3) is 0 Å². The van der Waals surface area contributed by atoms with E-state index in [0.29, 0.717) is 0 Å². The fourth-order valence-corrected chi connectivity index (χ4v) is 1.73. The lowest BCUT2D eigenvalue weighted by atomic mass is 10.2. The Morgan fingerprint density at radius 2 is 1.70 bits per heavy atom. The van der Waals surface area contributed by atoms with E-state index in [-0.39, 0.29) is 0 Å². The summed E-state index contributed by atoms with van der Waals surface area (Å²) in [6, 6.07) is 1.61. The molecule has 1 aliphatic rings. The van der Waals surface area contributed by atoms with Crippen LogP contribution in [0.1, 0.15) is 39.5 Å². The van der Waals surface area contributed by atoms with E-state index in [0.717, 1.165) is 12.1 Å². The quantitative estimate of drug-likeness (QED) is 0.570. The van der Waals surface area contributed by atoms with Gasteiger partial charge in [-0.15, -0.1) is 0 Å². The van der Waals surface area contributed by atoms with Crippen molar-refractivity contribution in [2.75, 3.05) is 7.05 Å². The molecule has 60 valence electrons. The van der Waals surface area contributed by atoms with Crippen molar-refractivity contribution in [2.45, 2.75) is 51.6 Å². The molecule has 10 heavy (non-hydrogen) atoms. The molecule has 0 amide bonds. The molecule has 0 radical (unpaired) electrons. The standard InChI is InChI=1S/C9H19N/c1-8(2)10(3)9-6-4-5-7-9/h8-9H,4-7H2,1-3H3. The van der Waals surface area contributed by atoms with Crippen molar-refractivity contribution in [1.82, 2.24) is 4.90 Å². The fraction of sp³-hybridized carbons (Fsp3) is 1.00. The van der Waals surface area contributed by atoms with Gasteiger partial charge in [-0.05, 0) is 33.7 Å². The van der Waals surface area contributed by atoms with Crippen molar-refractivity contribution < 1.29 is 0 Å². The zero-order valence-corrected chi connectivity index (χ0v) is 7.43. The first-order valence-corrected chi connectivity index (χ1v) is 4.43. The molecule has 1 fully saturated rings. The largest absolute Gasteiger partial charge is 0.301 e. The second kappa shape index (κ2) is 3.38. The van der Waals surface area contributed by atoms with Crippen molar-refractivity contribution >= 4 is 0 Å². The van der Waals surface area contributed by atoms with Crippen LogP contribution in [-0.2, 0) is 0 Å². The van der Waals surface area contributed by atoms with Gasteiger partial charge in [-0.3, -0.25) is 0 Å². The normalized spacial score (nSPS) is 21.3. The van der Waals surface area contributed by atoms with Gasteiger partial charge in [0.1, 0.15) is 0 Å². The average Bonchev–Trinajstić information content (AvgIpc) is 2.36. The van der Waals surface area contributed by atoms with Crippen molar-refractivity contribution in [3.05, 3.63) is 0 Å². The summed E-state index contributed by atoms with van der Waals surface area (Å²) in [5, 5.41) is 0. The first kappa shape index (κ1) is 8.06. The number of hydrogen-bond acceptors (Lipinski definition) is 1. The molecule has 1 nitrogen and oxygen atoms in total. The van der Waals surface area contributed by atoms with Gasteiger partial charge in [0, 0.05) is 12.1 Å². The molecule has 0 aliphatic heterocycles. The van der Waals surface area contributed by atoms with Crippen molar-refractivity contribution in [2.24, 2.45) is 0 Å². The molecule has 1 heteroatoms. The van der Waals surface area contributed by atoms with Crippen LogP contribution in [0.2, 0.25) is 0 Å². The summed E-state index contributed by atoms with van der Waals surface area (Å²) in [6.07, 6.45) is 5.74. The molecular formula is C9H19N. The molecule has 0 saturated heterocycles. The second-order valence-electron chi connectivity index (χ2n) is 3.70. The first-order valence-electron chi connectivity index (χ1n) is 4.43.